The molecular weight excluding hydrogens is 260 g/mol. The molecule has 0 spiro atoms. The van der Waals surface area contributed by atoms with Gasteiger partial charge in [-0.05, 0) is 30.5 Å². The lowest BCUT2D eigenvalue weighted by Gasteiger charge is -2.31. The van der Waals surface area contributed by atoms with Gasteiger partial charge in [0.2, 0.25) is 0 Å². The maximum Gasteiger partial charge on any atom is 0.127 e. The van der Waals surface area contributed by atoms with E-state index in [-0.39, 0.29) is 6.04 Å². The molecule has 2 N–H and O–H groups in total. The molecule has 3 heteroatoms. The van der Waals surface area contributed by atoms with Gasteiger partial charge in [-0.15, -0.1) is 0 Å². The fourth-order valence-electron chi connectivity index (χ4n) is 2.90. The summed E-state index contributed by atoms with van der Waals surface area (Å²) in [5.74, 6) is 0.910. The number of fused-ring (bicyclic) bond motifs is 1. The summed E-state index contributed by atoms with van der Waals surface area (Å²) in [6.45, 7) is 3.54. The van der Waals surface area contributed by atoms with Crippen molar-refractivity contribution < 1.29 is 4.42 Å². The molecule has 108 valence electrons. The lowest BCUT2D eigenvalue weighted by molar-refractivity contribution is 0.453. The Morgan fingerprint density at radius 2 is 1.86 bits per heavy atom. The van der Waals surface area contributed by atoms with Crippen LogP contribution in [0.3, 0.4) is 0 Å². The quantitative estimate of drug-likeness (QED) is 0.769. The standard InChI is InChI=1S/C18H20N2O/c1-2-20(17(13-19)18-11-6-12-21-18)16-10-5-8-14-7-3-4-9-15(14)16/h3-12,17H,2,13,19H2,1H3. The van der Waals surface area contributed by atoms with Crippen molar-refractivity contribution in [3.63, 3.8) is 0 Å². The van der Waals surface area contributed by atoms with E-state index in [9.17, 15) is 0 Å². The number of furan rings is 1. The summed E-state index contributed by atoms with van der Waals surface area (Å²) >= 11 is 0. The predicted octanol–water partition coefficient (Wildman–Crippen LogP) is 3.96. The van der Waals surface area contributed by atoms with Gasteiger partial charge in [-0.3, -0.25) is 0 Å². The molecule has 0 bridgehead atoms. The van der Waals surface area contributed by atoms with Crippen LogP contribution in [0.15, 0.2) is 65.3 Å². The number of rotatable bonds is 5. The monoisotopic (exact) mass is 280 g/mol. The number of nitrogens with two attached hydrogens (primary N) is 1. The summed E-state index contributed by atoms with van der Waals surface area (Å²) < 4.78 is 5.58. The number of likely N-dealkylation sites (N-methyl/N-ethyl adjacent to an activating group) is 1. The molecule has 3 aromatic rings. The van der Waals surface area contributed by atoms with Gasteiger partial charge in [-0.2, -0.15) is 0 Å². The Balaban J connectivity index is 2.09. The van der Waals surface area contributed by atoms with E-state index in [1.807, 2.05) is 12.1 Å². The molecule has 2 aromatic carbocycles. The van der Waals surface area contributed by atoms with Crippen molar-refractivity contribution >= 4 is 16.5 Å². The Morgan fingerprint density at radius 3 is 2.57 bits per heavy atom. The molecule has 1 unspecified atom stereocenters. The van der Waals surface area contributed by atoms with Crippen molar-refractivity contribution in [2.75, 3.05) is 18.0 Å². The summed E-state index contributed by atoms with van der Waals surface area (Å²) in [5.41, 5.74) is 7.22. The highest BCUT2D eigenvalue weighted by Gasteiger charge is 2.21. The molecule has 0 radical (unpaired) electrons. The van der Waals surface area contributed by atoms with Crippen molar-refractivity contribution in [2.45, 2.75) is 13.0 Å². The third-order valence-electron chi connectivity index (χ3n) is 3.89. The van der Waals surface area contributed by atoms with Crippen LogP contribution in [0, 0.1) is 0 Å². The van der Waals surface area contributed by atoms with Crippen LogP contribution in [0.4, 0.5) is 5.69 Å². The number of hydrogen-bond donors (Lipinski definition) is 1. The summed E-state index contributed by atoms with van der Waals surface area (Å²) in [6.07, 6.45) is 1.70. The normalized spacial score (nSPS) is 12.5. The van der Waals surface area contributed by atoms with Gasteiger partial charge < -0.3 is 15.1 Å². The van der Waals surface area contributed by atoms with E-state index < -0.39 is 0 Å². The topological polar surface area (TPSA) is 42.4 Å². The predicted molar refractivity (Wildman–Crippen MR) is 87.5 cm³/mol. The highest BCUT2D eigenvalue weighted by Crippen LogP contribution is 2.32. The van der Waals surface area contributed by atoms with E-state index in [1.165, 1.54) is 16.5 Å². The van der Waals surface area contributed by atoms with Gasteiger partial charge in [0.1, 0.15) is 5.76 Å². The second-order valence-electron chi connectivity index (χ2n) is 5.05. The first-order valence-electron chi connectivity index (χ1n) is 7.33. The van der Waals surface area contributed by atoms with Crippen LogP contribution in [0.2, 0.25) is 0 Å². The molecule has 1 aromatic heterocycles. The number of nitrogens with zero attached hydrogens (tertiary/aromatic N) is 1. The van der Waals surface area contributed by atoms with E-state index in [1.54, 1.807) is 6.26 Å². The third kappa shape index (κ3) is 2.52. The van der Waals surface area contributed by atoms with E-state index in [4.69, 9.17) is 10.2 Å². The first-order valence-corrected chi connectivity index (χ1v) is 7.33. The van der Waals surface area contributed by atoms with Crippen molar-refractivity contribution in [1.82, 2.24) is 0 Å². The Labute approximate surface area is 125 Å². The van der Waals surface area contributed by atoms with Crippen LogP contribution in [-0.2, 0) is 0 Å². The molecule has 3 nitrogen and oxygen atoms in total. The van der Waals surface area contributed by atoms with Crippen LogP contribution >= 0.6 is 0 Å². The molecule has 0 fully saturated rings. The van der Waals surface area contributed by atoms with Crippen molar-refractivity contribution in [2.24, 2.45) is 5.73 Å². The van der Waals surface area contributed by atoms with Crippen LogP contribution in [0.25, 0.3) is 10.8 Å². The highest BCUT2D eigenvalue weighted by molar-refractivity contribution is 5.94. The summed E-state index contributed by atoms with van der Waals surface area (Å²) in [7, 11) is 0. The Bertz CT molecular complexity index is 701. The minimum atomic E-state index is 0.0517. The lowest BCUT2D eigenvalue weighted by Crippen LogP contribution is -2.33. The molecule has 3 rings (SSSR count). The molecule has 0 aliphatic carbocycles. The zero-order chi connectivity index (χ0) is 14.7. The van der Waals surface area contributed by atoms with Gasteiger partial charge in [0.15, 0.2) is 0 Å². The number of benzene rings is 2. The molecule has 1 heterocycles. The first-order chi connectivity index (χ1) is 10.3. The highest BCUT2D eigenvalue weighted by atomic mass is 16.3. The average Bonchev–Trinajstić information content (AvgIpc) is 3.06. The molecule has 0 saturated carbocycles. The van der Waals surface area contributed by atoms with E-state index in [2.05, 4.69) is 54.3 Å². The fraction of sp³-hybridized carbons (Fsp3) is 0.222. The van der Waals surface area contributed by atoms with E-state index >= 15 is 0 Å². The average molecular weight is 280 g/mol. The first kappa shape index (κ1) is 13.7. The smallest absolute Gasteiger partial charge is 0.127 e. The summed E-state index contributed by atoms with van der Waals surface area (Å²) in [4.78, 5) is 2.31. The van der Waals surface area contributed by atoms with Crippen molar-refractivity contribution in [1.29, 1.82) is 0 Å². The van der Waals surface area contributed by atoms with Gasteiger partial charge in [0.25, 0.3) is 0 Å². The van der Waals surface area contributed by atoms with Crippen molar-refractivity contribution in [3.8, 4) is 0 Å². The van der Waals surface area contributed by atoms with Crippen molar-refractivity contribution in [3.05, 3.63) is 66.6 Å². The van der Waals surface area contributed by atoms with E-state index in [0.717, 1.165) is 12.3 Å². The zero-order valence-corrected chi connectivity index (χ0v) is 12.2. The Morgan fingerprint density at radius 1 is 1.05 bits per heavy atom. The van der Waals surface area contributed by atoms with Gasteiger partial charge in [-0.25, -0.2) is 0 Å². The minimum Gasteiger partial charge on any atom is -0.467 e. The molecule has 1 atom stereocenters. The van der Waals surface area contributed by atoms with Gasteiger partial charge >= 0.3 is 0 Å². The SMILES string of the molecule is CCN(c1cccc2ccccc12)C(CN)c1ccco1. The van der Waals surface area contributed by atoms with Crippen LogP contribution in [0.5, 0.6) is 0 Å². The van der Waals surface area contributed by atoms with Crippen LogP contribution < -0.4 is 10.6 Å². The van der Waals surface area contributed by atoms with E-state index in [0.29, 0.717) is 6.54 Å². The molecule has 21 heavy (non-hydrogen) atoms. The van der Waals surface area contributed by atoms with Gasteiger partial charge in [0, 0.05) is 24.2 Å². The molecule has 0 aliphatic rings. The number of hydrogen-bond acceptors (Lipinski definition) is 3. The fourth-order valence-corrected chi connectivity index (χ4v) is 2.90. The maximum absolute atomic E-state index is 6.02. The number of anilines is 1. The molecule has 0 aliphatic heterocycles. The third-order valence-corrected chi connectivity index (χ3v) is 3.89. The van der Waals surface area contributed by atoms with Gasteiger partial charge in [0.05, 0.1) is 12.3 Å². The summed E-state index contributed by atoms with van der Waals surface area (Å²) in [5, 5.41) is 2.48. The lowest BCUT2D eigenvalue weighted by atomic mass is 10.1. The maximum atomic E-state index is 6.02. The second kappa shape index (κ2) is 6.02. The van der Waals surface area contributed by atoms with Gasteiger partial charge in [-0.1, -0.05) is 36.4 Å². The Kier molecular flexibility index (Phi) is 3.93. The van der Waals surface area contributed by atoms with Crippen LogP contribution in [-0.4, -0.2) is 13.1 Å². The largest absolute Gasteiger partial charge is 0.467 e. The summed E-state index contributed by atoms with van der Waals surface area (Å²) in [6, 6.07) is 18.8. The van der Waals surface area contributed by atoms with Crippen LogP contribution in [0.1, 0.15) is 18.7 Å². The minimum absolute atomic E-state index is 0.0517. The molecule has 0 amide bonds. The molecular formula is C18H20N2O. The second-order valence-corrected chi connectivity index (χ2v) is 5.05. The Hall–Kier alpha value is -2.26. The zero-order valence-electron chi connectivity index (χ0n) is 12.2. The molecule has 0 saturated heterocycles.